The summed E-state index contributed by atoms with van der Waals surface area (Å²) in [4.78, 5) is 24.0. The van der Waals surface area contributed by atoms with E-state index in [1.807, 2.05) is 30.3 Å². The molecule has 0 fully saturated rings. The Hall–Kier alpha value is -1.88. The zero-order chi connectivity index (χ0) is 13.5. The molecule has 5 nitrogen and oxygen atoms in total. The van der Waals surface area contributed by atoms with Gasteiger partial charge in [-0.05, 0) is 5.56 Å². The highest BCUT2D eigenvalue weighted by atomic mass is 16.3. The first-order valence-electron chi connectivity index (χ1n) is 5.71. The van der Waals surface area contributed by atoms with Crippen LogP contribution in [-0.2, 0) is 9.59 Å². The van der Waals surface area contributed by atoms with E-state index in [1.54, 1.807) is 7.05 Å². The molecule has 0 radical (unpaired) electrons. The van der Waals surface area contributed by atoms with Crippen LogP contribution in [0.4, 0.5) is 0 Å². The Kier molecular flexibility index (Phi) is 5.32. The molecule has 0 saturated carbocycles. The van der Waals surface area contributed by atoms with Crippen molar-refractivity contribution in [2.24, 2.45) is 0 Å². The van der Waals surface area contributed by atoms with E-state index in [0.717, 1.165) is 5.56 Å². The average molecular weight is 250 g/mol. The Balaban J connectivity index is 2.59. The smallest absolute Gasteiger partial charge is 0.240 e. The summed E-state index contributed by atoms with van der Waals surface area (Å²) < 4.78 is 0. The number of carbonyl (C=O) groups excluding carboxylic acids is 2. The summed E-state index contributed by atoms with van der Waals surface area (Å²) in [5.74, 6) is -0.471. The van der Waals surface area contributed by atoms with Gasteiger partial charge in [-0.1, -0.05) is 30.3 Å². The van der Waals surface area contributed by atoms with Crippen LogP contribution in [0, 0.1) is 0 Å². The van der Waals surface area contributed by atoms with Crippen LogP contribution in [-0.4, -0.2) is 42.0 Å². The number of aliphatic hydroxyl groups is 1. The Labute approximate surface area is 106 Å². The van der Waals surface area contributed by atoms with Crippen molar-refractivity contribution < 1.29 is 14.7 Å². The molecular formula is C13H18N2O3. The molecule has 98 valence electrons. The second-order valence-electron chi connectivity index (χ2n) is 4.09. The monoisotopic (exact) mass is 250 g/mol. The quantitative estimate of drug-likeness (QED) is 0.790. The Bertz CT molecular complexity index is 406. The van der Waals surface area contributed by atoms with Crippen molar-refractivity contribution in [1.29, 1.82) is 0 Å². The highest BCUT2D eigenvalue weighted by Crippen LogP contribution is 2.11. The summed E-state index contributed by atoms with van der Waals surface area (Å²) >= 11 is 0. The van der Waals surface area contributed by atoms with Gasteiger partial charge in [-0.25, -0.2) is 0 Å². The topological polar surface area (TPSA) is 69.6 Å². The third-order valence-corrected chi connectivity index (χ3v) is 2.64. The lowest BCUT2D eigenvalue weighted by molar-refractivity contribution is -0.133. The van der Waals surface area contributed by atoms with Crippen molar-refractivity contribution in [3.63, 3.8) is 0 Å². The van der Waals surface area contributed by atoms with Crippen molar-refractivity contribution in [2.45, 2.75) is 13.0 Å². The summed E-state index contributed by atoms with van der Waals surface area (Å²) in [5.41, 5.74) is 0.832. The van der Waals surface area contributed by atoms with Gasteiger partial charge in [0.1, 0.15) is 0 Å². The van der Waals surface area contributed by atoms with Crippen LogP contribution in [0.15, 0.2) is 30.3 Å². The number of nitrogens with one attached hydrogen (secondary N) is 1. The fraction of sp³-hybridized carbons (Fsp3) is 0.385. The molecule has 1 aromatic rings. The predicted molar refractivity (Wildman–Crippen MR) is 67.7 cm³/mol. The van der Waals surface area contributed by atoms with Crippen LogP contribution in [0.2, 0.25) is 0 Å². The first-order valence-corrected chi connectivity index (χ1v) is 5.71. The molecule has 1 rings (SSSR count). The zero-order valence-corrected chi connectivity index (χ0v) is 10.6. The maximum atomic E-state index is 11.7. The molecule has 5 heteroatoms. The van der Waals surface area contributed by atoms with Crippen molar-refractivity contribution in [2.75, 3.05) is 20.2 Å². The molecular weight excluding hydrogens is 232 g/mol. The molecule has 0 spiro atoms. The molecule has 1 atom stereocenters. The van der Waals surface area contributed by atoms with Crippen molar-refractivity contribution in [3.05, 3.63) is 35.9 Å². The number of hydrogen-bond donors (Lipinski definition) is 2. The molecule has 0 aromatic heterocycles. The number of likely N-dealkylation sites (N-methyl/N-ethyl adjacent to an activating group) is 1. The third kappa shape index (κ3) is 4.18. The molecule has 0 aliphatic heterocycles. The zero-order valence-electron chi connectivity index (χ0n) is 10.6. The molecule has 2 N–H and O–H groups in total. The van der Waals surface area contributed by atoms with Gasteiger partial charge in [0.15, 0.2) is 0 Å². The van der Waals surface area contributed by atoms with Gasteiger partial charge >= 0.3 is 0 Å². The Morgan fingerprint density at radius 1 is 1.33 bits per heavy atom. The SMILES string of the molecule is CC(=O)N(C)CC(=O)N[C@@H](CO)c1ccccc1. The lowest BCUT2D eigenvalue weighted by atomic mass is 10.1. The van der Waals surface area contributed by atoms with E-state index in [4.69, 9.17) is 0 Å². The van der Waals surface area contributed by atoms with Gasteiger partial charge in [-0.3, -0.25) is 9.59 Å². The number of hydrogen-bond acceptors (Lipinski definition) is 3. The number of carbonyl (C=O) groups is 2. The number of nitrogens with zero attached hydrogens (tertiary/aromatic N) is 1. The summed E-state index contributed by atoms with van der Waals surface area (Å²) in [6.45, 7) is 1.20. The molecule has 2 amide bonds. The third-order valence-electron chi connectivity index (χ3n) is 2.64. The second-order valence-corrected chi connectivity index (χ2v) is 4.09. The molecule has 0 unspecified atom stereocenters. The minimum absolute atomic E-state index is 0.0152. The van der Waals surface area contributed by atoms with E-state index in [0.29, 0.717) is 0 Å². The highest BCUT2D eigenvalue weighted by Gasteiger charge is 2.15. The maximum Gasteiger partial charge on any atom is 0.240 e. The van der Waals surface area contributed by atoms with Crippen LogP contribution in [0.5, 0.6) is 0 Å². The predicted octanol–water partition coefficient (Wildman–Crippen LogP) is 0.315. The molecule has 1 aromatic carbocycles. The largest absolute Gasteiger partial charge is 0.394 e. The van der Waals surface area contributed by atoms with Gasteiger partial charge in [0.05, 0.1) is 19.2 Å². The fourth-order valence-corrected chi connectivity index (χ4v) is 1.49. The molecule has 0 aliphatic carbocycles. The molecule has 0 heterocycles. The lowest BCUT2D eigenvalue weighted by Gasteiger charge is -2.19. The maximum absolute atomic E-state index is 11.7. The van der Waals surface area contributed by atoms with Crippen LogP contribution in [0.25, 0.3) is 0 Å². The minimum Gasteiger partial charge on any atom is -0.394 e. The Morgan fingerprint density at radius 2 is 1.94 bits per heavy atom. The van der Waals surface area contributed by atoms with Gasteiger partial charge in [0.25, 0.3) is 0 Å². The number of benzene rings is 1. The van der Waals surface area contributed by atoms with Crippen LogP contribution in [0.3, 0.4) is 0 Å². The van der Waals surface area contributed by atoms with Crippen molar-refractivity contribution >= 4 is 11.8 Å². The fourth-order valence-electron chi connectivity index (χ4n) is 1.49. The second kappa shape index (κ2) is 6.76. The van der Waals surface area contributed by atoms with Crippen LogP contribution >= 0.6 is 0 Å². The molecule has 0 aliphatic rings. The van der Waals surface area contributed by atoms with E-state index in [9.17, 15) is 14.7 Å². The van der Waals surface area contributed by atoms with E-state index in [2.05, 4.69) is 5.32 Å². The Morgan fingerprint density at radius 3 is 2.44 bits per heavy atom. The van der Waals surface area contributed by atoms with E-state index < -0.39 is 6.04 Å². The summed E-state index contributed by atoms with van der Waals surface area (Å²) in [7, 11) is 1.55. The number of amides is 2. The average Bonchev–Trinajstić information content (AvgIpc) is 2.36. The summed E-state index contributed by atoms with van der Waals surface area (Å²) in [5, 5.41) is 12.0. The minimum atomic E-state index is -0.445. The van der Waals surface area contributed by atoms with E-state index in [1.165, 1.54) is 11.8 Å². The van der Waals surface area contributed by atoms with Gasteiger partial charge < -0.3 is 15.3 Å². The normalized spacial score (nSPS) is 11.7. The van der Waals surface area contributed by atoms with Crippen molar-refractivity contribution in [1.82, 2.24) is 10.2 Å². The van der Waals surface area contributed by atoms with E-state index >= 15 is 0 Å². The van der Waals surface area contributed by atoms with Crippen molar-refractivity contribution in [3.8, 4) is 0 Å². The molecule has 0 saturated heterocycles. The first-order chi connectivity index (χ1) is 8.54. The number of rotatable bonds is 5. The standard InChI is InChI=1S/C13H18N2O3/c1-10(17)15(2)8-13(18)14-12(9-16)11-6-4-3-5-7-11/h3-7,12,16H,8-9H2,1-2H3,(H,14,18)/t12-/m0/s1. The highest BCUT2D eigenvalue weighted by molar-refractivity contribution is 5.83. The van der Waals surface area contributed by atoms with Crippen LogP contribution in [0.1, 0.15) is 18.5 Å². The first kappa shape index (κ1) is 14.2. The van der Waals surface area contributed by atoms with Gasteiger partial charge in [-0.2, -0.15) is 0 Å². The van der Waals surface area contributed by atoms with Gasteiger partial charge in [0, 0.05) is 14.0 Å². The van der Waals surface area contributed by atoms with Crippen LogP contribution < -0.4 is 5.32 Å². The molecule has 0 bridgehead atoms. The summed E-state index contributed by atoms with van der Waals surface area (Å²) in [6, 6.07) is 8.76. The van der Waals surface area contributed by atoms with Gasteiger partial charge in [0.2, 0.25) is 11.8 Å². The lowest BCUT2D eigenvalue weighted by Crippen LogP contribution is -2.39. The summed E-state index contributed by atoms with van der Waals surface area (Å²) in [6.07, 6.45) is 0. The van der Waals surface area contributed by atoms with Gasteiger partial charge in [-0.15, -0.1) is 0 Å². The number of aliphatic hydroxyl groups excluding tert-OH is 1. The molecule has 18 heavy (non-hydrogen) atoms. The van der Waals surface area contributed by atoms with E-state index in [-0.39, 0.29) is 25.0 Å².